The average Bonchev–Trinajstić information content (AvgIpc) is 3.06. The molecule has 0 radical (unpaired) electrons. The van der Waals surface area contributed by atoms with Gasteiger partial charge in [-0.3, -0.25) is 4.79 Å². The van der Waals surface area contributed by atoms with Crippen molar-refractivity contribution < 1.29 is 9.32 Å². The van der Waals surface area contributed by atoms with Crippen molar-refractivity contribution in [3.63, 3.8) is 0 Å². The molecule has 1 aliphatic carbocycles. The van der Waals surface area contributed by atoms with Gasteiger partial charge in [0, 0.05) is 24.6 Å². The molecule has 2 aliphatic rings. The number of carbonyl (C=O) groups excluding carboxylic acids is 1. The molecule has 20 heavy (non-hydrogen) atoms. The van der Waals surface area contributed by atoms with E-state index in [1.807, 2.05) is 17.9 Å². The number of rotatable bonds is 2. The fourth-order valence-electron chi connectivity index (χ4n) is 3.55. The maximum atomic E-state index is 12.7. The summed E-state index contributed by atoms with van der Waals surface area (Å²) in [5, 5.41) is 3.95. The number of likely N-dealkylation sites (tertiary alicyclic amines) is 1. The lowest BCUT2D eigenvalue weighted by atomic mass is 9.85. The van der Waals surface area contributed by atoms with Crippen LogP contribution < -0.4 is 5.73 Å². The molecule has 1 aromatic heterocycles. The summed E-state index contributed by atoms with van der Waals surface area (Å²) < 4.78 is 5.37. The summed E-state index contributed by atoms with van der Waals surface area (Å²) in [7, 11) is 0. The quantitative estimate of drug-likeness (QED) is 0.899. The summed E-state index contributed by atoms with van der Waals surface area (Å²) in [5.74, 6) is 1.19. The Kier molecular flexibility index (Phi) is 3.78. The Labute approximate surface area is 119 Å². The van der Waals surface area contributed by atoms with Gasteiger partial charge in [-0.2, -0.15) is 0 Å². The van der Waals surface area contributed by atoms with Crippen molar-refractivity contribution in [3.8, 4) is 0 Å². The summed E-state index contributed by atoms with van der Waals surface area (Å²) in [4.78, 5) is 14.7. The van der Waals surface area contributed by atoms with Crippen LogP contribution in [0.15, 0.2) is 10.6 Å². The molecule has 5 nitrogen and oxygen atoms in total. The molecule has 1 saturated carbocycles. The third-order valence-corrected chi connectivity index (χ3v) is 4.57. The van der Waals surface area contributed by atoms with Gasteiger partial charge in [0.1, 0.15) is 0 Å². The van der Waals surface area contributed by atoms with Gasteiger partial charge in [-0.1, -0.05) is 11.6 Å². The lowest BCUT2D eigenvalue weighted by Crippen LogP contribution is -2.40. The van der Waals surface area contributed by atoms with Crippen LogP contribution in [0.1, 0.15) is 56.0 Å². The van der Waals surface area contributed by atoms with Crippen molar-refractivity contribution in [1.82, 2.24) is 10.1 Å². The summed E-state index contributed by atoms with van der Waals surface area (Å²) in [5.41, 5.74) is 6.89. The van der Waals surface area contributed by atoms with E-state index >= 15 is 0 Å². The van der Waals surface area contributed by atoms with Crippen molar-refractivity contribution in [2.24, 2.45) is 11.7 Å². The van der Waals surface area contributed by atoms with Crippen LogP contribution >= 0.6 is 0 Å². The first-order chi connectivity index (χ1) is 9.65. The number of aryl methyl sites for hydroxylation is 1. The fourth-order valence-corrected chi connectivity index (χ4v) is 3.55. The highest BCUT2D eigenvalue weighted by Gasteiger charge is 2.37. The number of nitrogens with two attached hydrogens (primary N) is 1. The molecule has 5 heteroatoms. The molecular weight excluding hydrogens is 254 g/mol. The first-order valence-electron chi connectivity index (χ1n) is 7.64. The van der Waals surface area contributed by atoms with Crippen LogP contribution in [0.3, 0.4) is 0 Å². The molecular formula is C15H23N3O2. The van der Waals surface area contributed by atoms with Crippen LogP contribution in [0.25, 0.3) is 0 Å². The van der Waals surface area contributed by atoms with E-state index in [-0.39, 0.29) is 23.9 Å². The first-order valence-corrected chi connectivity index (χ1v) is 7.64. The topological polar surface area (TPSA) is 72.4 Å². The molecule has 1 aromatic rings. The van der Waals surface area contributed by atoms with Crippen LogP contribution in [-0.4, -0.2) is 28.6 Å². The number of amides is 1. The van der Waals surface area contributed by atoms with E-state index in [2.05, 4.69) is 5.16 Å². The summed E-state index contributed by atoms with van der Waals surface area (Å²) in [6.07, 6.45) is 5.93. The molecule has 1 amide bonds. The Bertz CT molecular complexity index is 485. The molecule has 1 aliphatic heterocycles. The smallest absolute Gasteiger partial charge is 0.226 e. The number of nitrogens with zero attached hydrogens (tertiary/aromatic N) is 2. The minimum Gasteiger partial charge on any atom is -0.359 e. The average molecular weight is 277 g/mol. The third kappa shape index (κ3) is 2.59. The fraction of sp³-hybridized carbons (Fsp3) is 0.733. The largest absolute Gasteiger partial charge is 0.359 e. The summed E-state index contributed by atoms with van der Waals surface area (Å²) in [6, 6.07) is 2.20. The molecule has 3 atom stereocenters. The number of hydrogen-bond donors (Lipinski definition) is 1. The lowest BCUT2D eigenvalue weighted by Gasteiger charge is -2.31. The number of hydrogen-bond acceptors (Lipinski definition) is 4. The third-order valence-electron chi connectivity index (χ3n) is 4.57. The van der Waals surface area contributed by atoms with Crippen molar-refractivity contribution in [1.29, 1.82) is 0 Å². The van der Waals surface area contributed by atoms with Gasteiger partial charge >= 0.3 is 0 Å². The molecule has 2 N–H and O–H groups in total. The van der Waals surface area contributed by atoms with Gasteiger partial charge in [0.2, 0.25) is 5.91 Å². The van der Waals surface area contributed by atoms with Crippen molar-refractivity contribution in [3.05, 3.63) is 17.5 Å². The van der Waals surface area contributed by atoms with E-state index in [0.29, 0.717) is 0 Å². The van der Waals surface area contributed by atoms with Gasteiger partial charge in [0.05, 0.1) is 11.7 Å². The van der Waals surface area contributed by atoms with E-state index in [0.717, 1.165) is 56.5 Å². The second-order valence-corrected chi connectivity index (χ2v) is 6.18. The van der Waals surface area contributed by atoms with E-state index in [9.17, 15) is 4.79 Å². The van der Waals surface area contributed by atoms with Crippen molar-refractivity contribution >= 4 is 5.91 Å². The highest BCUT2D eigenvalue weighted by Crippen LogP contribution is 2.35. The summed E-state index contributed by atoms with van der Waals surface area (Å²) >= 11 is 0. The standard InChI is InChI=1S/C15H23N3O2/c1-10-8-14(20-17-10)13-6-3-7-18(13)15(19)11-4-2-5-12(16)9-11/h8,11-13H,2-7,9,16H2,1H3. The Morgan fingerprint density at radius 2 is 2.25 bits per heavy atom. The Hall–Kier alpha value is -1.36. The molecule has 1 saturated heterocycles. The Morgan fingerprint density at radius 3 is 2.95 bits per heavy atom. The minimum atomic E-state index is 0.0712. The molecule has 110 valence electrons. The minimum absolute atomic E-state index is 0.0712. The second kappa shape index (κ2) is 5.56. The van der Waals surface area contributed by atoms with Gasteiger partial charge in [0.15, 0.2) is 5.76 Å². The Morgan fingerprint density at radius 1 is 1.40 bits per heavy atom. The molecule has 3 rings (SSSR count). The monoisotopic (exact) mass is 277 g/mol. The zero-order chi connectivity index (χ0) is 14.1. The van der Waals surface area contributed by atoms with Crippen LogP contribution in [-0.2, 0) is 4.79 Å². The van der Waals surface area contributed by atoms with E-state index in [1.165, 1.54) is 0 Å². The van der Waals surface area contributed by atoms with Crippen LogP contribution in [0.4, 0.5) is 0 Å². The highest BCUT2D eigenvalue weighted by atomic mass is 16.5. The molecule has 0 spiro atoms. The van der Waals surface area contributed by atoms with Crippen molar-refractivity contribution in [2.75, 3.05) is 6.54 Å². The zero-order valence-corrected chi connectivity index (χ0v) is 12.0. The van der Waals surface area contributed by atoms with E-state index < -0.39 is 0 Å². The molecule has 3 unspecified atom stereocenters. The maximum Gasteiger partial charge on any atom is 0.226 e. The van der Waals surface area contributed by atoms with E-state index in [1.54, 1.807) is 0 Å². The first kappa shape index (κ1) is 13.6. The van der Waals surface area contributed by atoms with Crippen molar-refractivity contribution in [2.45, 2.75) is 57.5 Å². The number of carbonyl (C=O) groups is 1. The lowest BCUT2D eigenvalue weighted by molar-refractivity contribution is -0.138. The molecule has 2 fully saturated rings. The van der Waals surface area contributed by atoms with Gasteiger partial charge in [0.25, 0.3) is 0 Å². The predicted molar refractivity (Wildman–Crippen MR) is 74.9 cm³/mol. The van der Waals surface area contributed by atoms with Crippen LogP contribution in [0.5, 0.6) is 0 Å². The second-order valence-electron chi connectivity index (χ2n) is 6.18. The molecule has 2 heterocycles. The summed E-state index contributed by atoms with van der Waals surface area (Å²) in [6.45, 7) is 2.74. The Balaban J connectivity index is 1.73. The predicted octanol–water partition coefficient (Wildman–Crippen LogP) is 2.16. The van der Waals surface area contributed by atoms with Crippen LogP contribution in [0, 0.1) is 12.8 Å². The number of aromatic nitrogens is 1. The van der Waals surface area contributed by atoms with Gasteiger partial charge in [-0.25, -0.2) is 0 Å². The zero-order valence-electron chi connectivity index (χ0n) is 12.0. The highest BCUT2D eigenvalue weighted by molar-refractivity contribution is 5.79. The maximum absolute atomic E-state index is 12.7. The van der Waals surface area contributed by atoms with Gasteiger partial charge in [-0.15, -0.1) is 0 Å². The molecule has 0 aromatic carbocycles. The normalized spacial score (nSPS) is 30.7. The SMILES string of the molecule is Cc1cc(C2CCCN2C(=O)C2CCCC(N)C2)on1. The van der Waals surface area contributed by atoms with E-state index in [4.69, 9.17) is 10.3 Å². The van der Waals surface area contributed by atoms with Gasteiger partial charge < -0.3 is 15.2 Å². The van der Waals surface area contributed by atoms with Gasteiger partial charge in [-0.05, 0) is 39.0 Å². The van der Waals surface area contributed by atoms with Crippen LogP contribution in [0.2, 0.25) is 0 Å². The molecule has 0 bridgehead atoms.